The molecule has 0 radical (unpaired) electrons. The molecule has 28 heavy (non-hydrogen) atoms. The largest absolute Gasteiger partial charge is 0.479 e. The van der Waals surface area contributed by atoms with Gasteiger partial charge in [-0.25, -0.2) is 19.7 Å². The number of aliphatic hydroxyl groups is 2. The second-order valence-corrected chi connectivity index (χ2v) is 7.60. The Morgan fingerprint density at radius 2 is 2.07 bits per heavy atom. The van der Waals surface area contributed by atoms with Gasteiger partial charge in [-0.1, -0.05) is 0 Å². The van der Waals surface area contributed by atoms with E-state index in [4.69, 9.17) is 24.4 Å². The number of ether oxygens (including phenoxy) is 2. The molecule has 1 fully saturated rings. The van der Waals surface area contributed by atoms with Crippen molar-refractivity contribution < 1.29 is 43.9 Å². The number of carboxylic acid groups (broad SMARTS) is 1. The molecule has 0 saturated carbocycles. The van der Waals surface area contributed by atoms with Crippen molar-refractivity contribution in [2.45, 2.75) is 30.4 Å². The van der Waals surface area contributed by atoms with Gasteiger partial charge in [0.2, 0.25) is 0 Å². The first-order valence-corrected chi connectivity index (χ1v) is 9.59. The minimum Gasteiger partial charge on any atom is -0.479 e. The van der Waals surface area contributed by atoms with Crippen molar-refractivity contribution in [3.63, 3.8) is 0 Å². The lowest BCUT2D eigenvalue weighted by Crippen LogP contribution is -2.36. The first-order chi connectivity index (χ1) is 13.1. The first-order valence-electron chi connectivity index (χ1n) is 7.91. The minimum absolute atomic E-state index is 0.302. The van der Waals surface area contributed by atoms with Crippen LogP contribution in [0.5, 0.6) is 0 Å². The van der Waals surface area contributed by atoms with Crippen LogP contribution < -0.4 is 5.32 Å². The van der Waals surface area contributed by atoms with Crippen molar-refractivity contribution >= 4 is 30.5 Å². The van der Waals surface area contributed by atoms with E-state index in [9.17, 15) is 19.6 Å². The number of nitrogens with one attached hydrogen (secondary N) is 1. The molecular weight excluding hydrogens is 401 g/mol. The maximum absolute atomic E-state index is 11.2. The first kappa shape index (κ1) is 20.5. The highest BCUT2D eigenvalue weighted by molar-refractivity contribution is 7.53. The highest BCUT2D eigenvalue weighted by atomic mass is 31.2. The van der Waals surface area contributed by atoms with Gasteiger partial charge in [0.05, 0.1) is 12.9 Å². The van der Waals surface area contributed by atoms with Crippen molar-refractivity contribution in [2.24, 2.45) is 0 Å². The molecule has 3 heterocycles. The maximum atomic E-state index is 11.2. The van der Waals surface area contributed by atoms with Crippen LogP contribution in [0.4, 0.5) is 5.82 Å². The van der Waals surface area contributed by atoms with Crippen LogP contribution in [-0.4, -0.2) is 88.4 Å². The van der Waals surface area contributed by atoms with E-state index in [1.54, 1.807) is 7.05 Å². The molecule has 15 heteroatoms. The van der Waals surface area contributed by atoms with Crippen molar-refractivity contribution in [1.82, 2.24) is 19.5 Å². The van der Waals surface area contributed by atoms with Gasteiger partial charge in [-0.2, -0.15) is 0 Å². The van der Waals surface area contributed by atoms with Crippen LogP contribution in [0.3, 0.4) is 0 Å². The van der Waals surface area contributed by atoms with Crippen LogP contribution in [0.1, 0.15) is 6.23 Å². The molecule has 0 bridgehead atoms. The van der Waals surface area contributed by atoms with Crippen molar-refractivity contribution in [2.75, 3.05) is 19.0 Å². The van der Waals surface area contributed by atoms with E-state index in [1.807, 2.05) is 0 Å². The molecule has 6 N–H and O–H groups in total. The molecule has 1 aliphatic heterocycles. The number of carbonyl (C=O) groups is 1. The lowest BCUT2D eigenvalue weighted by molar-refractivity contribution is -0.149. The van der Waals surface area contributed by atoms with E-state index >= 15 is 0 Å². The van der Waals surface area contributed by atoms with Gasteiger partial charge in [0.15, 0.2) is 17.7 Å². The summed E-state index contributed by atoms with van der Waals surface area (Å²) in [7, 11) is -3.45. The second kappa shape index (κ2) is 7.67. The Hall–Kier alpha value is -2.19. The third-order valence-corrected chi connectivity index (χ3v) is 5.12. The molecule has 1 aliphatic rings. The molecule has 0 spiro atoms. The predicted molar refractivity (Wildman–Crippen MR) is 90.2 cm³/mol. The molecule has 5 atom stereocenters. The van der Waals surface area contributed by atoms with E-state index in [1.165, 1.54) is 17.2 Å². The number of aromatic nitrogens is 4. The standard InChI is InChI=1S/C13H18N5O9P/c1-14-9-6-10(16-3-15-9)18(4-17-6)11-8(20)7(19)5(27-11)2-26-13(12(21)22)28(23,24)25/h3-5,7-8,11,13,19-20H,2H2,1H3,(H,21,22)(H,14,15,16)(H2,23,24,25)/t5-,7+,8-,11-,13?/m1/s1. The smallest absolute Gasteiger partial charge is 0.365 e. The average Bonchev–Trinajstić information content (AvgIpc) is 3.16. The summed E-state index contributed by atoms with van der Waals surface area (Å²) in [5, 5.41) is 32.2. The zero-order chi connectivity index (χ0) is 20.6. The van der Waals surface area contributed by atoms with Gasteiger partial charge >= 0.3 is 13.6 Å². The van der Waals surface area contributed by atoms with Gasteiger partial charge in [-0.15, -0.1) is 0 Å². The number of rotatable bonds is 7. The molecule has 2 aromatic rings. The number of nitrogens with zero attached hydrogens (tertiary/aromatic N) is 4. The quantitative estimate of drug-likeness (QED) is 0.271. The lowest BCUT2D eigenvalue weighted by Gasteiger charge is -2.19. The number of hydrogen-bond donors (Lipinski definition) is 6. The van der Waals surface area contributed by atoms with E-state index in [0.717, 1.165) is 0 Å². The molecule has 154 valence electrons. The van der Waals surface area contributed by atoms with Crippen molar-refractivity contribution in [3.05, 3.63) is 12.7 Å². The zero-order valence-electron chi connectivity index (χ0n) is 14.4. The van der Waals surface area contributed by atoms with Gasteiger partial charge in [-0.05, 0) is 0 Å². The third-order valence-electron chi connectivity index (χ3n) is 4.14. The predicted octanol–water partition coefficient (Wildman–Crippen LogP) is -1.91. The Labute approximate surface area is 156 Å². The normalized spacial score (nSPS) is 26.5. The fraction of sp³-hybridized carbons (Fsp3) is 0.538. The monoisotopic (exact) mass is 419 g/mol. The number of anilines is 1. The molecular formula is C13H18N5O9P. The zero-order valence-corrected chi connectivity index (χ0v) is 15.2. The molecule has 1 unspecified atom stereocenters. The summed E-state index contributed by atoms with van der Waals surface area (Å²) in [6, 6.07) is 0. The fourth-order valence-electron chi connectivity index (χ4n) is 2.82. The lowest BCUT2D eigenvalue weighted by atomic mass is 10.1. The Bertz CT molecular complexity index is 917. The topological polar surface area (TPSA) is 209 Å². The SMILES string of the molecule is CNc1ncnc2c1ncn2[C@@H]1O[C@H](COC(C(=O)O)P(=O)(O)O)[C@H](O)[C@H]1O. The van der Waals surface area contributed by atoms with Gasteiger partial charge in [0, 0.05) is 7.05 Å². The Morgan fingerprint density at radius 3 is 2.68 bits per heavy atom. The van der Waals surface area contributed by atoms with Crippen LogP contribution in [0.2, 0.25) is 0 Å². The summed E-state index contributed by atoms with van der Waals surface area (Å²) in [5.74, 6) is -3.85. The fourth-order valence-corrected chi connectivity index (χ4v) is 3.38. The highest BCUT2D eigenvalue weighted by Gasteiger charge is 2.46. The molecule has 0 aliphatic carbocycles. The van der Waals surface area contributed by atoms with Gasteiger partial charge in [0.1, 0.15) is 30.2 Å². The summed E-state index contributed by atoms with van der Waals surface area (Å²) in [5.41, 5.74) is 0.693. The van der Waals surface area contributed by atoms with E-state index in [0.29, 0.717) is 17.0 Å². The summed E-state index contributed by atoms with van der Waals surface area (Å²) < 4.78 is 22.8. The van der Waals surface area contributed by atoms with Crippen molar-refractivity contribution in [1.29, 1.82) is 0 Å². The number of aliphatic hydroxyl groups excluding tert-OH is 2. The van der Waals surface area contributed by atoms with Gasteiger partial charge in [-0.3, -0.25) is 9.13 Å². The van der Waals surface area contributed by atoms with Crippen LogP contribution >= 0.6 is 7.60 Å². The molecule has 1 saturated heterocycles. The highest BCUT2D eigenvalue weighted by Crippen LogP contribution is 2.42. The van der Waals surface area contributed by atoms with Crippen molar-refractivity contribution in [3.8, 4) is 0 Å². The molecule has 14 nitrogen and oxygen atoms in total. The average molecular weight is 419 g/mol. The minimum atomic E-state index is -5.09. The van der Waals surface area contributed by atoms with Crippen LogP contribution in [0.25, 0.3) is 11.2 Å². The molecule has 3 rings (SSSR count). The molecule has 2 aromatic heterocycles. The summed E-state index contributed by atoms with van der Waals surface area (Å²) in [6.45, 7) is -0.680. The van der Waals surface area contributed by atoms with E-state index < -0.39 is 50.6 Å². The number of fused-ring (bicyclic) bond motifs is 1. The van der Waals surface area contributed by atoms with Crippen LogP contribution in [0.15, 0.2) is 12.7 Å². The number of imidazole rings is 1. The number of aliphatic carboxylic acids is 1. The second-order valence-electron chi connectivity index (χ2n) is 5.96. The van der Waals surface area contributed by atoms with Crippen LogP contribution in [0, 0.1) is 0 Å². The van der Waals surface area contributed by atoms with E-state index in [-0.39, 0.29) is 0 Å². The van der Waals surface area contributed by atoms with Crippen LogP contribution in [-0.2, 0) is 18.8 Å². The van der Waals surface area contributed by atoms with Gasteiger partial charge in [0.25, 0.3) is 5.85 Å². The summed E-state index contributed by atoms with van der Waals surface area (Å²) in [4.78, 5) is 41.2. The molecule has 0 amide bonds. The summed E-state index contributed by atoms with van der Waals surface area (Å²) >= 11 is 0. The number of carboxylic acids is 1. The molecule has 0 aromatic carbocycles. The van der Waals surface area contributed by atoms with Gasteiger partial charge < -0.3 is 39.9 Å². The Kier molecular flexibility index (Phi) is 5.63. The maximum Gasteiger partial charge on any atom is 0.365 e. The third kappa shape index (κ3) is 3.71. The summed E-state index contributed by atoms with van der Waals surface area (Å²) in [6.07, 6.45) is -2.79. The number of hydrogen-bond acceptors (Lipinski definition) is 10. The van der Waals surface area contributed by atoms with E-state index in [2.05, 4.69) is 20.3 Å². The Balaban J connectivity index is 1.80. The Morgan fingerprint density at radius 1 is 1.36 bits per heavy atom.